The van der Waals surface area contributed by atoms with Crippen LogP contribution in [0.4, 0.5) is 5.69 Å². The Morgan fingerprint density at radius 3 is 2.62 bits per heavy atom. The van der Waals surface area contributed by atoms with E-state index in [1.54, 1.807) is 0 Å². The van der Waals surface area contributed by atoms with E-state index in [9.17, 15) is 4.79 Å². The average molecular weight is 304 g/mol. The summed E-state index contributed by atoms with van der Waals surface area (Å²) in [6.07, 6.45) is 3.35. The van der Waals surface area contributed by atoms with Gasteiger partial charge in [0.25, 0.3) is 5.91 Å². The van der Waals surface area contributed by atoms with Crippen molar-refractivity contribution in [3.8, 4) is 0 Å². The zero-order valence-corrected chi connectivity index (χ0v) is 13.8. The molecule has 1 unspecified atom stereocenters. The molecule has 1 atom stereocenters. The van der Waals surface area contributed by atoms with Crippen molar-refractivity contribution in [2.45, 2.75) is 46.1 Å². The highest BCUT2D eigenvalue weighted by molar-refractivity contribution is 7.21. The zero-order chi connectivity index (χ0) is 15.4. The first kappa shape index (κ1) is 15.8. The van der Waals surface area contributed by atoms with E-state index in [1.165, 1.54) is 17.8 Å². The van der Waals surface area contributed by atoms with Gasteiger partial charge in [-0.1, -0.05) is 44.9 Å². The number of thiophene rings is 1. The van der Waals surface area contributed by atoms with E-state index in [0.717, 1.165) is 22.9 Å². The second-order valence-corrected chi connectivity index (χ2v) is 7.09. The van der Waals surface area contributed by atoms with Crippen molar-refractivity contribution < 1.29 is 4.79 Å². The second-order valence-electron chi connectivity index (χ2n) is 6.04. The zero-order valence-electron chi connectivity index (χ0n) is 13.0. The van der Waals surface area contributed by atoms with E-state index < -0.39 is 0 Å². The molecule has 2 rings (SSSR count). The highest BCUT2D eigenvalue weighted by atomic mass is 32.1. The van der Waals surface area contributed by atoms with E-state index in [1.807, 2.05) is 24.3 Å². The van der Waals surface area contributed by atoms with E-state index in [2.05, 4.69) is 26.1 Å². The summed E-state index contributed by atoms with van der Waals surface area (Å²) in [5.74, 6) is 0.664. The molecule has 0 bridgehead atoms. The summed E-state index contributed by atoms with van der Waals surface area (Å²) in [5.41, 5.74) is 6.70. The first-order valence-electron chi connectivity index (χ1n) is 7.57. The third-order valence-corrected chi connectivity index (χ3v) is 4.82. The largest absolute Gasteiger partial charge is 0.397 e. The van der Waals surface area contributed by atoms with Crippen molar-refractivity contribution in [3.63, 3.8) is 0 Å². The highest BCUT2D eigenvalue weighted by Gasteiger charge is 2.17. The number of benzene rings is 1. The normalized spacial score (nSPS) is 12.8. The smallest absolute Gasteiger partial charge is 0.263 e. The van der Waals surface area contributed by atoms with Crippen LogP contribution in [0.25, 0.3) is 10.1 Å². The summed E-state index contributed by atoms with van der Waals surface area (Å²) in [7, 11) is 0. The van der Waals surface area contributed by atoms with Crippen LogP contribution in [-0.2, 0) is 0 Å². The molecule has 114 valence electrons. The minimum atomic E-state index is -0.0502. The maximum Gasteiger partial charge on any atom is 0.263 e. The first-order valence-corrected chi connectivity index (χ1v) is 8.38. The summed E-state index contributed by atoms with van der Waals surface area (Å²) in [5, 5.41) is 4.04. The molecule has 3 N–H and O–H groups in total. The van der Waals surface area contributed by atoms with Crippen molar-refractivity contribution in [2.24, 2.45) is 5.92 Å². The molecule has 1 aromatic heterocycles. The Kier molecular flexibility index (Phi) is 5.23. The number of nitrogens with two attached hydrogens (primary N) is 1. The van der Waals surface area contributed by atoms with Crippen LogP contribution in [0.2, 0.25) is 0 Å². The molecule has 0 aliphatic heterocycles. The topological polar surface area (TPSA) is 55.1 Å². The van der Waals surface area contributed by atoms with Gasteiger partial charge in [0.1, 0.15) is 4.88 Å². The summed E-state index contributed by atoms with van der Waals surface area (Å²) >= 11 is 1.47. The Balaban J connectivity index is 2.00. The Labute approximate surface area is 130 Å². The molecule has 0 aliphatic rings. The summed E-state index contributed by atoms with van der Waals surface area (Å²) < 4.78 is 1.06. The fraction of sp³-hybridized carbons (Fsp3) is 0.471. The first-order chi connectivity index (χ1) is 9.99. The quantitative estimate of drug-likeness (QED) is 0.829. The van der Waals surface area contributed by atoms with Crippen LogP contribution in [0.15, 0.2) is 24.3 Å². The Hall–Kier alpha value is -1.55. The van der Waals surface area contributed by atoms with Crippen LogP contribution < -0.4 is 11.1 Å². The van der Waals surface area contributed by atoms with Crippen LogP contribution in [0.1, 0.15) is 49.7 Å². The van der Waals surface area contributed by atoms with Gasteiger partial charge in [-0.2, -0.15) is 0 Å². The fourth-order valence-corrected chi connectivity index (χ4v) is 3.45. The molecule has 0 spiro atoms. The monoisotopic (exact) mass is 304 g/mol. The molecule has 1 heterocycles. The Morgan fingerprint density at radius 1 is 1.24 bits per heavy atom. The lowest BCUT2D eigenvalue weighted by atomic mass is 10.0. The number of carbonyl (C=O) groups is 1. The lowest BCUT2D eigenvalue weighted by Gasteiger charge is -2.14. The van der Waals surface area contributed by atoms with Crippen LogP contribution in [-0.4, -0.2) is 11.9 Å². The lowest BCUT2D eigenvalue weighted by Crippen LogP contribution is -2.32. The maximum absolute atomic E-state index is 12.4. The van der Waals surface area contributed by atoms with Crippen LogP contribution >= 0.6 is 11.3 Å². The molecule has 0 fully saturated rings. The van der Waals surface area contributed by atoms with Crippen molar-refractivity contribution in [2.75, 3.05) is 5.73 Å². The van der Waals surface area contributed by atoms with E-state index >= 15 is 0 Å². The van der Waals surface area contributed by atoms with Crippen molar-refractivity contribution in [3.05, 3.63) is 29.1 Å². The minimum absolute atomic E-state index is 0.0502. The maximum atomic E-state index is 12.4. The predicted octanol–water partition coefficient (Wildman–Crippen LogP) is 4.43. The molecule has 21 heavy (non-hydrogen) atoms. The van der Waals surface area contributed by atoms with Gasteiger partial charge in [0.15, 0.2) is 0 Å². The number of carbonyl (C=O) groups excluding carboxylic acids is 1. The third kappa shape index (κ3) is 3.97. The van der Waals surface area contributed by atoms with Crippen molar-refractivity contribution in [1.29, 1.82) is 0 Å². The van der Waals surface area contributed by atoms with Crippen LogP contribution in [0.5, 0.6) is 0 Å². The van der Waals surface area contributed by atoms with E-state index in [4.69, 9.17) is 5.73 Å². The molecule has 0 saturated carbocycles. The number of fused-ring (bicyclic) bond motifs is 1. The molecule has 0 radical (unpaired) electrons. The molecule has 3 nitrogen and oxygen atoms in total. The van der Waals surface area contributed by atoms with E-state index in [-0.39, 0.29) is 11.9 Å². The predicted molar refractivity (Wildman–Crippen MR) is 91.9 cm³/mol. The molecular formula is C17H24N2OS. The molecular weight excluding hydrogens is 280 g/mol. The number of hydrogen-bond donors (Lipinski definition) is 2. The second kappa shape index (κ2) is 6.94. The van der Waals surface area contributed by atoms with Crippen molar-refractivity contribution in [1.82, 2.24) is 5.32 Å². The number of nitrogens with one attached hydrogen (secondary N) is 1. The Morgan fingerprint density at radius 2 is 1.95 bits per heavy atom. The van der Waals surface area contributed by atoms with Gasteiger partial charge in [-0.25, -0.2) is 0 Å². The van der Waals surface area contributed by atoms with Crippen molar-refractivity contribution >= 4 is 33.0 Å². The van der Waals surface area contributed by atoms with Gasteiger partial charge < -0.3 is 11.1 Å². The van der Waals surface area contributed by atoms with Crippen LogP contribution in [0.3, 0.4) is 0 Å². The van der Waals surface area contributed by atoms with Gasteiger partial charge in [-0.05, 0) is 25.3 Å². The summed E-state index contributed by atoms with van der Waals surface area (Å²) in [6, 6.07) is 8.06. The van der Waals surface area contributed by atoms with Gasteiger partial charge in [0.05, 0.1) is 5.69 Å². The Bertz CT molecular complexity index is 618. The van der Waals surface area contributed by atoms with Gasteiger partial charge in [0, 0.05) is 16.1 Å². The third-order valence-electron chi connectivity index (χ3n) is 3.64. The minimum Gasteiger partial charge on any atom is -0.397 e. The number of amides is 1. The van der Waals surface area contributed by atoms with Gasteiger partial charge >= 0.3 is 0 Å². The average Bonchev–Trinajstić information content (AvgIpc) is 2.76. The van der Waals surface area contributed by atoms with Gasteiger partial charge in [-0.3, -0.25) is 4.79 Å². The van der Waals surface area contributed by atoms with Gasteiger partial charge in [-0.15, -0.1) is 11.3 Å². The highest BCUT2D eigenvalue weighted by Crippen LogP contribution is 2.33. The SMILES string of the molecule is CC(C)CCCC(C)NC(=O)c1sc2ccccc2c1N. The molecule has 2 aromatic rings. The van der Waals surface area contributed by atoms with Crippen LogP contribution in [0, 0.1) is 5.92 Å². The number of anilines is 1. The standard InChI is InChI=1S/C17H24N2OS/c1-11(2)7-6-8-12(3)19-17(20)16-15(18)13-9-4-5-10-14(13)21-16/h4-5,9-12H,6-8,18H2,1-3H3,(H,19,20). The molecule has 4 heteroatoms. The number of hydrogen-bond acceptors (Lipinski definition) is 3. The molecule has 1 amide bonds. The molecule has 1 aromatic carbocycles. The van der Waals surface area contributed by atoms with E-state index in [0.29, 0.717) is 16.5 Å². The molecule has 0 aliphatic carbocycles. The number of rotatable bonds is 6. The number of nitrogen functional groups attached to an aromatic ring is 1. The fourth-order valence-electron chi connectivity index (χ4n) is 2.43. The lowest BCUT2D eigenvalue weighted by molar-refractivity contribution is 0.0943. The summed E-state index contributed by atoms with van der Waals surface area (Å²) in [4.78, 5) is 13.0. The van der Waals surface area contributed by atoms with Gasteiger partial charge in [0.2, 0.25) is 0 Å². The molecule has 0 saturated heterocycles. The summed E-state index contributed by atoms with van der Waals surface area (Å²) in [6.45, 7) is 6.50.